The van der Waals surface area contributed by atoms with E-state index in [2.05, 4.69) is 0 Å². The summed E-state index contributed by atoms with van der Waals surface area (Å²) in [5, 5.41) is -0.386. The predicted molar refractivity (Wildman–Crippen MR) is 72.4 cm³/mol. The molecule has 2 saturated carbocycles. The molecule has 3 aliphatic rings. The van der Waals surface area contributed by atoms with E-state index in [9.17, 15) is 13.2 Å². The van der Waals surface area contributed by atoms with Crippen molar-refractivity contribution < 1.29 is 22.1 Å². The lowest BCUT2D eigenvalue weighted by Crippen LogP contribution is -2.50. The third kappa shape index (κ3) is 1.70. The average Bonchev–Trinajstić information content (AvgIpc) is 2.94. The SMILES string of the molecule is CCC(C)(C)C(=O)OC1(C)C2CC3C1OS(=O)(=O)C3C2. The number of esters is 1. The van der Waals surface area contributed by atoms with E-state index in [0.717, 1.165) is 6.42 Å². The molecule has 0 N–H and O–H groups in total. The van der Waals surface area contributed by atoms with E-state index in [1.807, 2.05) is 27.7 Å². The van der Waals surface area contributed by atoms with Crippen LogP contribution in [-0.4, -0.2) is 31.3 Å². The normalized spacial score (nSPS) is 44.8. The van der Waals surface area contributed by atoms with Crippen molar-refractivity contribution in [2.75, 3.05) is 0 Å². The van der Waals surface area contributed by atoms with Gasteiger partial charge in [0.15, 0.2) is 0 Å². The minimum atomic E-state index is -3.47. The second kappa shape index (κ2) is 3.97. The van der Waals surface area contributed by atoms with Gasteiger partial charge in [-0.3, -0.25) is 8.98 Å². The molecular formula is C14H22O5S. The number of ether oxygens (including phenoxy) is 1. The molecular weight excluding hydrogens is 280 g/mol. The van der Waals surface area contributed by atoms with Crippen molar-refractivity contribution in [3.8, 4) is 0 Å². The van der Waals surface area contributed by atoms with Crippen LogP contribution in [0.1, 0.15) is 47.0 Å². The van der Waals surface area contributed by atoms with Gasteiger partial charge in [0, 0.05) is 11.8 Å². The molecule has 114 valence electrons. The summed E-state index contributed by atoms with van der Waals surface area (Å²) < 4.78 is 35.0. The molecule has 0 aromatic rings. The van der Waals surface area contributed by atoms with E-state index in [0.29, 0.717) is 12.8 Å². The molecule has 3 rings (SSSR count). The lowest BCUT2D eigenvalue weighted by atomic mass is 9.82. The van der Waals surface area contributed by atoms with E-state index in [4.69, 9.17) is 8.92 Å². The molecule has 20 heavy (non-hydrogen) atoms. The van der Waals surface area contributed by atoms with Gasteiger partial charge in [-0.1, -0.05) is 6.92 Å². The predicted octanol–water partition coefficient (Wildman–Crippen LogP) is 1.86. The van der Waals surface area contributed by atoms with Crippen molar-refractivity contribution in [1.29, 1.82) is 0 Å². The van der Waals surface area contributed by atoms with Crippen LogP contribution >= 0.6 is 0 Å². The lowest BCUT2D eigenvalue weighted by molar-refractivity contribution is -0.183. The number of hydrogen-bond acceptors (Lipinski definition) is 5. The Bertz CT molecular complexity index is 552. The fraction of sp³-hybridized carbons (Fsp3) is 0.929. The maximum absolute atomic E-state index is 12.3. The molecule has 0 aromatic heterocycles. The van der Waals surface area contributed by atoms with Gasteiger partial charge in [0.25, 0.3) is 10.1 Å². The van der Waals surface area contributed by atoms with Gasteiger partial charge < -0.3 is 4.74 Å². The zero-order valence-corrected chi connectivity index (χ0v) is 13.2. The zero-order valence-electron chi connectivity index (χ0n) is 12.4. The first-order valence-corrected chi connectivity index (χ1v) is 8.74. The molecule has 5 atom stereocenters. The maximum Gasteiger partial charge on any atom is 0.312 e. The minimum Gasteiger partial charge on any atom is -0.456 e. The molecule has 2 bridgehead atoms. The van der Waals surface area contributed by atoms with E-state index >= 15 is 0 Å². The third-order valence-electron chi connectivity index (χ3n) is 5.67. The van der Waals surface area contributed by atoms with E-state index in [1.54, 1.807) is 0 Å². The first-order valence-electron chi connectivity index (χ1n) is 7.27. The molecule has 0 amide bonds. The van der Waals surface area contributed by atoms with E-state index < -0.39 is 27.2 Å². The molecule has 1 saturated heterocycles. The first kappa shape index (κ1) is 14.3. The summed E-state index contributed by atoms with van der Waals surface area (Å²) in [6.45, 7) is 7.47. The monoisotopic (exact) mass is 302 g/mol. The molecule has 0 spiro atoms. The number of fused-ring (bicyclic) bond motifs is 1. The van der Waals surface area contributed by atoms with Crippen molar-refractivity contribution in [3.63, 3.8) is 0 Å². The zero-order chi connectivity index (χ0) is 14.9. The second-order valence-corrected chi connectivity index (χ2v) is 8.97. The number of carbonyl (C=O) groups is 1. The Hall–Kier alpha value is -0.620. The van der Waals surface area contributed by atoms with Gasteiger partial charge in [-0.25, -0.2) is 0 Å². The Morgan fingerprint density at radius 2 is 2.05 bits per heavy atom. The van der Waals surface area contributed by atoms with Gasteiger partial charge in [-0.15, -0.1) is 0 Å². The Morgan fingerprint density at radius 3 is 2.65 bits per heavy atom. The molecule has 3 fully saturated rings. The summed E-state index contributed by atoms with van der Waals surface area (Å²) in [5.41, 5.74) is -1.35. The third-order valence-corrected chi connectivity index (χ3v) is 7.43. The van der Waals surface area contributed by atoms with Gasteiger partial charge in [0.1, 0.15) is 11.7 Å². The number of carbonyl (C=O) groups excluding carboxylic acids is 1. The summed E-state index contributed by atoms with van der Waals surface area (Å²) in [4.78, 5) is 12.3. The Labute approximate surface area is 120 Å². The summed E-state index contributed by atoms with van der Waals surface area (Å²) >= 11 is 0. The Morgan fingerprint density at radius 1 is 1.40 bits per heavy atom. The van der Waals surface area contributed by atoms with Crippen molar-refractivity contribution >= 4 is 16.1 Å². The van der Waals surface area contributed by atoms with Gasteiger partial charge in [0.2, 0.25) is 0 Å². The second-order valence-electron chi connectivity index (χ2n) is 7.19. The lowest BCUT2D eigenvalue weighted by Gasteiger charge is -2.38. The first-order chi connectivity index (χ1) is 9.12. The molecule has 1 aliphatic heterocycles. The van der Waals surface area contributed by atoms with Gasteiger partial charge >= 0.3 is 5.97 Å². The number of rotatable bonds is 3. The fourth-order valence-corrected chi connectivity index (χ4v) is 5.73. The molecule has 5 unspecified atom stereocenters. The molecule has 5 nitrogen and oxygen atoms in total. The van der Waals surface area contributed by atoms with Crippen LogP contribution in [-0.2, 0) is 23.8 Å². The quantitative estimate of drug-likeness (QED) is 0.588. The number of hydrogen-bond donors (Lipinski definition) is 0. The molecule has 0 aromatic carbocycles. The van der Waals surface area contributed by atoms with Gasteiger partial charge in [0.05, 0.1) is 10.7 Å². The van der Waals surface area contributed by atoms with Crippen LogP contribution in [0.25, 0.3) is 0 Å². The topological polar surface area (TPSA) is 69.7 Å². The highest BCUT2D eigenvalue weighted by Crippen LogP contribution is 2.60. The largest absolute Gasteiger partial charge is 0.456 e. The Balaban J connectivity index is 1.87. The highest BCUT2D eigenvalue weighted by atomic mass is 32.2. The minimum absolute atomic E-state index is 0.00691. The summed E-state index contributed by atoms with van der Waals surface area (Å²) in [6.07, 6.45) is 1.53. The maximum atomic E-state index is 12.3. The van der Waals surface area contributed by atoms with Crippen molar-refractivity contribution in [2.45, 2.75) is 63.9 Å². The summed E-state index contributed by atoms with van der Waals surface area (Å²) in [5.74, 6) is -0.177. The van der Waals surface area contributed by atoms with E-state index in [-0.39, 0.29) is 23.1 Å². The molecule has 1 heterocycles. The molecule has 2 aliphatic carbocycles. The van der Waals surface area contributed by atoms with Crippen LogP contribution in [0.2, 0.25) is 0 Å². The molecule has 0 radical (unpaired) electrons. The summed E-state index contributed by atoms with van der Waals surface area (Å²) in [7, 11) is -3.47. The Kier molecular flexibility index (Phi) is 2.85. The van der Waals surface area contributed by atoms with Gasteiger partial charge in [-0.2, -0.15) is 8.42 Å². The van der Waals surface area contributed by atoms with Gasteiger partial charge in [-0.05, 0) is 40.0 Å². The van der Waals surface area contributed by atoms with Crippen molar-refractivity contribution in [3.05, 3.63) is 0 Å². The van der Waals surface area contributed by atoms with Crippen LogP contribution in [0.3, 0.4) is 0 Å². The van der Waals surface area contributed by atoms with Crippen LogP contribution in [0.5, 0.6) is 0 Å². The average molecular weight is 302 g/mol. The fourth-order valence-electron chi connectivity index (χ4n) is 3.81. The standard InChI is InChI=1S/C14H22O5S/c1-5-13(2,3)12(15)18-14(4)8-6-9-10(7-8)20(16,17)19-11(9)14/h8-11H,5-7H2,1-4H3. The van der Waals surface area contributed by atoms with Crippen LogP contribution in [0.15, 0.2) is 0 Å². The van der Waals surface area contributed by atoms with Crippen LogP contribution in [0.4, 0.5) is 0 Å². The summed E-state index contributed by atoms with van der Waals surface area (Å²) in [6, 6.07) is 0. The molecule has 6 heteroatoms. The smallest absolute Gasteiger partial charge is 0.312 e. The highest BCUT2D eigenvalue weighted by Gasteiger charge is 2.70. The van der Waals surface area contributed by atoms with Crippen molar-refractivity contribution in [1.82, 2.24) is 0 Å². The van der Waals surface area contributed by atoms with Crippen LogP contribution in [0, 0.1) is 17.3 Å². The van der Waals surface area contributed by atoms with E-state index in [1.165, 1.54) is 0 Å². The van der Waals surface area contributed by atoms with Crippen LogP contribution < -0.4 is 0 Å². The van der Waals surface area contributed by atoms with Crippen molar-refractivity contribution in [2.24, 2.45) is 17.3 Å². The highest BCUT2D eigenvalue weighted by molar-refractivity contribution is 7.87.